The van der Waals surface area contributed by atoms with E-state index in [1.54, 1.807) is 0 Å². The Kier molecular flexibility index (Phi) is 3.49. The third kappa shape index (κ3) is 2.81. The number of carbonyl (C=O) groups excluding carboxylic acids is 1. The van der Waals surface area contributed by atoms with Crippen molar-refractivity contribution in [1.29, 1.82) is 0 Å². The van der Waals surface area contributed by atoms with Gasteiger partial charge in [-0.15, -0.1) is 0 Å². The van der Waals surface area contributed by atoms with Crippen molar-refractivity contribution in [3.8, 4) is 0 Å². The maximum Gasteiger partial charge on any atom is 0.246 e. The van der Waals surface area contributed by atoms with Gasteiger partial charge in [-0.2, -0.15) is 0 Å². The molecule has 2 fully saturated rings. The molecule has 0 aromatic rings. The Balaban J connectivity index is 1.97. The van der Waals surface area contributed by atoms with Gasteiger partial charge in [-0.25, -0.2) is 0 Å². The Labute approximate surface area is 117 Å². The van der Waals surface area contributed by atoms with Gasteiger partial charge >= 0.3 is 0 Å². The monoisotopic (exact) mass is 267 g/mol. The predicted molar refractivity (Wildman–Crippen MR) is 76.9 cm³/mol. The van der Waals surface area contributed by atoms with Crippen molar-refractivity contribution < 1.29 is 9.53 Å². The lowest BCUT2D eigenvalue weighted by Gasteiger charge is -2.43. The molecule has 3 unspecified atom stereocenters. The van der Waals surface area contributed by atoms with Crippen molar-refractivity contribution in [3.63, 3.8) is 0 Å². The minimum atomic E-state index is -0.258. The van der Waals surface area contributed by atoms with Crippen LogP contribution in [0.2, 0.25) is 0 Å². The zero-order valence-corrected chi connectivity index (χ0v) is 13.3. The van der Waals surface area contributed by atoms with Crippen LogP contribution in [0.15, 0.2) is 0 Å². The van der Waals surface area contributed by atoms with Gasteiger partial charge in [0.2, 0.25) is 5.91 Å². The van der Waals surface area contributed by atoms with Gasteiger partial charge in [0.15, 0.2) is 0 Å². The van der Waals surface area contributed by atoms with Gasteiger partial charge in [-0.05, 0) is 56.8 Å². The highest BCUT2D eigenvalue weighted by atomic mass is 16.5. The number of hydrogen-bond acceptors (Lipinski definition) is 2. The summed E-state index contributed by atoms with van der Waals surface area (Å²) in [5.74, 6) is 0.785. The normalized spacial score (nSPS) is 36.5. The van der Waals surface area contributed by atoms with E-state index in [-0.39, 0.29) is 35.0 Å². The summed E-state index contributed by atoms with van der Waals surface area (Å²) in [4.78, 5) is 12.1. The standard InChI is InChI=1S/C16H29NO2/c1-14(2,3)19-10-12(18)17-13-15(4,5)11-7-8-16(13,6)9-11/h11,13H,7-10H2,1-6H3,(H,17,18). The van der Waals surface area contributed by atoms with E-state index in [1.165, 1.54) is 19.3 Å². The molecule has 3 heteroatoms. The van der Waals surface area contributed by atoms with E-state index in [4.69, 9.17) is 4.74 Å². The summed E-state index contributed by atoms with van der Waals surface area (Å²) < 4.78 is 5.57. The summed E-state index contributed by atoms with van der Waals surface area (Å²) in [5, 5.41) is 3.25. The zero-order chi connectivity index (χ0) is 14.5. The van der Waals surface area contributed by atoms with Crippen LogP contribution in [0.4, 0.5) is 0 Å². The van der Waals surface area contributed by atoms with Crippen molar-refractivity contribution in [3.05, 3.63) is 0 Å². The van der Waals surface area contributed by atoms with Crippen molar-refractivity contribution >= 4 is 5.91 Å². The number of amides is 1. The fraction of sp³-hybridized carbons (Fsp3) is 0.938. The summed E-state index contributed by atoms with van der Waals surface area (Å²) in [7, 11) is 0. The second-order valence-corrected chi connectivity index (χ2v) is 8.32. The predicted octanol–water partition coefficient (Wildman–Crippen LogP) is 3.13. The average molecular weight is 267 g/mol. The minimum absolute atomic E-state index is 0.0294. The molecule has 0 saturated heterocycles. The van der Waals surface area contributed by atoms with Crippen LogP contribution in [0.5, 0.6) is 0 Å². The van der Waals surface area contributed by atoms with Crippen LogP contribution in [0.25, 0.3) is 0 Å². The molecule has 0 aromatic heterocycles. The van der Waals surface area contributed by atoms with E-state index in [1.807, 2.05) is 20.8 Å². The first-order chi connectivity index (χ1) is 8.55. The first-order valence-electron chi connectivity index (χ1n) is 7.48. The lowest BCUT2D eigenvalue weighted by Crippen LogP contribution is -2.53. The fourth-order valence-corrected chi connectivity index (χ4v) is 4.15. The molecule has 0 spiro atoms. The zero-order valence-electron chi connectivity index (χ0n) is 13.3. The number of rotatable bonds is 3. The number of carbonyl (C=O) groups is 1. The molecule has 0 aromatic carbocycles. The average Bonchev–Trinajstić information content (AvgIpc) is 2.72. The molecule has 3 nitrogen and oxygen atoms in total. The Hall–Kier alpha value is -0.570. The first-order valence-corrected chi connectivity index (χ1v) is 7.48. The third-order valence-corrected chi connectivity index (χ3v) is 5.21. The second-order valence-electron chi connectivity index (χ2n) is 8.32. The van der Waals surface area contributed by atoms with Gasteiger partial charge in [-0.1, -0.05) is 20.8 Å². The van der Waals surface area contributed by atoms with Crippen molar-refractivity contribution in [2.24, 2.45) is 16.7 Å². The summed E-state index contributed by atoms with van der Waals surface area (Å²) >= 11 is 0. The molecule has 0 heterocycles. The lowest BCUT2D eigenvalue weighted by molar-refractivity contribution is -0.133. The maximum atomic E-state index is 12.1. The Morgan fingerprint density at radius 1 is 1.32 bits per heavy atom. The van der Waals surface area contributed by atoms with Gasteiger partial charge in [-0.3, -0.25) is 4.79 Å². The van der Waals surface area contributed by atoms with Gasteiger partial charge in [0.1, 0.15) is 6.61 Å². The van der Waals surface area contributed by atoms with Crippen molar-refractivity contribution in [2.75, 3.05) is 6.61 Å². The van der Waals surface area contributed by atoms with E-state index in [0.29, 0.717) is 0 Å². The molecule has 2 saturated carbocycles. The quantitative estimate of drug-likeness (QED) is 0.853. The molecule has 1 N–H and O–H groups in total. The Bertz CT molecular complexity index is 365. The Morgan fingerprint density at radius 3 is 2.42 bits per heavy atom. The Morgan fingerprint density at radius 2 is 1.95 bits per heavy atom. The van der Waals surface area contributed by atoms with E-state index in [0.717, 1.165) is 5.92 Å². The number of nitrogens with one attached hydrogen (secondary N) is 1. The molecule has 2 aliphatic carbocycles. The smallest absolute Gasteiger partial charge is 0.246 e. The fourth-order valence-electron chi connectivity index (χ4n) is 4.15. The molecule has 110 valence electrons. The highest BCUT2D eigenvalue weighted by Crippen LogP contribution is 2.62. The van der Waals surface area contributed by atoms with Crippen LogP contribution >= 0.6 is 0 Å². The van der Waals surface area contributed by atoms with Crippen molar-refractivity contribution in [2.45, 2.75) is 72.4 Å². The van der Waals surface area contributed by atoms with Gasteiger partial charge < -0.3 is 10.1 Å². The number of ether oxygens (including phenoxy) is 1. The highest BCUT2D eigenvalue weighted by Gasteiger charge is 2.59. The molecule has 3 atom stereocenters. The van der Waals surface area contributed by atoms with E-state index in [9.17, 15) is 4.79 Å². The molecule has 2 bridgehead atoms. The topological polar surface area (TPSA) is 38.3 Å². The maximum absolute atomic E-state index is 12.1. The van der Waals surface area contributed by atoms with E-state index in [2.05, 4.69) is 26.1 Å². The molecule has 2 rings (SSSR count). The summed E-state index contributed by atoms with van der Waals surface area (Å²) in [6.07, 6.45) is 3.81. The molecular formula is C16H29NO2. The summed E-state index contributed by atoms with van der Waals surface area (Å²) in [6.45, 7) is 13.0. The minimum Gasteiger partial charge on any atom is -0.366 e. The molecule has 2 aliphatic rings. The first kappa shape index (κ1) is 14.8. The molecular weight excluding hydrogens is 238 g/mol. The number of hydrogen-bond donors (Lipinski definition) is 1. The largest absolute Gasteiger partial charge is 0.366 e. The molecule has 1 amide bonds. The van der Waals surface area contributed by atoms with Gasteiger partial charge in [0.05, 0.1) is 5.60 Å². The van der Waals surface area contributed by atoms with Crippen molar-refractivity contribution in [1.82, 2.24) is 5.32 Å². The molecule has 0 radical (unpaired) electrons. The SMILES string of the molecule is CC(C)(C)OCC(=O)NC1C2(C)CCC(C2)C1(C)C. The number of fused-ring (bicyclic) bond motifs is 2. The third-order valence-electron chi connectivity index (χ3n) is 5.21. The van der Waals surface area contributed by atoms with Crippen LogP contribution in [0, 0.1) is 16.7 Å². The highest BCUT2D eigenvalue weighted by molar-refractivity contribution is 5.77. The van der Waals surface area contributed by atoms with E-state index >= 15 is 0 Å². The van der Waals surface area contributed by atoms with Gasteiger partial charge in [0.25, 0.3) is 0 Å². The summed E-state index contributed by atoms with van der Waals surface area (Å²) in [5.41, 5.74) is 0.237. The second kappa shape index (κ2) is 4.47. The molecule has 19 heavy (non-hydrogen) atoms. The molecule has 0 aliphatic heterocycles. The van der Waals surface area contributed by atoms with Crippen LogP contribution in [-0.4, -0.2) is 24.2 Å². The van der Waals surface area contributed by atoms with Crippen LogP contribution in [0.1, 0.15) is 60.8 Å². The van der Waals surface area contributed by atoms with Crippen LogP contribution < -0.4 is 5.32 Å². The van der Waals surface area contributed by atoms with Crippen LogP contribution in [-0.2, 0) is 9.53 Å². The summed E-state index contributed by atoms with van der Waals surface area (Å²) in [6, 6.07) is 0.287. The lowest BCUT2D eigenvalue weighted by atomic mass is 9.68. The van der Waals surface area contributed by atoms with Gasteiger partial charge in [0, 0.05) is 6.04 Å². The van der Waals surface area contributed by atoms with Crippen LogP contribution in [0.3, 0.4) is 0 Å². The van der Waals surface area contributed by atoms with E-state index < -0.39 is 0 Å².